The van der Waals surface area contributed by atoms with Gasteiger partial charge in [-0.05, 0) is 12.1 Å². The topological polar surface area (TPSA) is 64.1 Å². The first-order chi connectivity index (χ1) is 8.42. The van der Waals surface area contributed by atoms with Crippen LogP contribution in [0.5, 0.6) is 0 Å². The molecule has 0 bridgehead atoms. The summed E-state index contributed by atoms with van der Waals surface area (Å²) in [4.78, 5) is 4.33. The van der Waals surface area contributed by atoms with E-state index in [0.29, 0.717) is 23.5 Å². The first-order valence-corrected chi connectivity index (χ1v) is 6.75. The highest BCUT2D eigenvalue weighted by molar-refractivity contribution is 7.99. The number of thioether (sulfide) groups is 1. The molecule has 1 saturated heterocycles. The summed E-state index contributed by atoms with van der Waals surface area (Å²) in [5, 5.41) is 7.35. The molecule has 0 spiro atoms. The van der Waals surface area contributed by atoms with Gasteiger partial charge in [0, 0.05) is 30.5 Å². The molecule has 2 aromatic heterocycles. The molecule has 0 saturated carbocycles. The van der Waals surface area contributed by atoms with Crippen LogP contribution in [0.2, 0.25) is 0 Å². The van der Waals surface area contributed by atoms with E-state index in [9.17, 15) is 0 Å². The lowest BCUT2D eigenvalue weighted by Crippen LogP contribution is -2.38. The zero-order valence-electron chi connectivity index (χ0n) is 9.67. The number of halogens is 1. The van der Waals surface area contributed by atoms with Crippen molar-refractivity contribution in [1.82, 2.24) is 15.5 Å². The third kappa shape index (κ3) is 3.07. The van der Waals surface area contributed by atoms with E-state index in [1.807, 2.05) is 23.9 Å². The monoisotopic (exact) mass is 287 g/mol. The second-order valence-corrected chi connectivity index (χ2v) is 5.07. The molecule has 5 nitrogen and oxygen atoms in total. The van der Waals surface area contributed by atoms with Crippen LogP contribution >= 0.6 is 24.2 Å². The van der Waals surface area contributed by atoms with Gasteiger partial charge in [-0.3, -0.25) is 0 Å². The summed E-state index contributed by atoms with van der Waals surface area (Å²) >= 11 is 1.96. The smallest absolute Gasteiger partial charge is 0.238 e. The number of nitrogens with one attached hydrogen (secondary N) is 1. The average Bonchev–Trinajstić information content (AvgIpc) is 3.00. The van der Waals surface area contributed by atoms with Crippen molar-refractivity contribution in [2.45, 2.75) is 12.5 Å². The van der Waals surface area contributed by atoms with E-state index in [2.05, 4.69) is 15.5 Å². The molecule has 18 heavy (non-hydrogen) atoms. The number of hydrogen-bond donors (Lipinski definition) is 1. The summed E-state index contributed by atoms with van der Waals surface area (Å²) in [7, 11) is 0. The number of aromatic nitrogens is 2. The van der Waals surface area contributed by atoms with Crippen molar-refractivity contribution in [3.05, 3.63) is 24.3 Å². The van der Waals surface area contributed by atoms with Gasteiger partial charge in [-0.25, -0.2) is 0 Å². The van der Waals surface area contributed by atoms with E-state index in [0.717, 1.165) is 18.7 Å². The van der Waals surface area contributed by atoms with Gasteiger partial charge in [-0.15, -0.1) is 12.4 Å². The van der Waals surface area contributed by atoms with E-state index < -0.39 is 0 Å². The molecule has 1 fully saturated rings. The molecule has 0 radical (unpaired) electrons. The van der Waals surface area contributed by atoms with Gasteiger partial charge >= 0.3 is 0 Å². The van der Waals surface area contributed by atoms with Gasteiger partial charge in [0.25, 0.3) is 0 Å². The molecule has 3 heterocycles. The molecule has 1 aliphatic heterocycles. The predicted molar refractivity (Wildman–Crippen MR) is 72.1 cm³/mol. The number of rotatable bonds is 3. The van der Waals surface area contributed by atoms with E-state index in [1.54, 1.807) is 6.26 Å². The van der Waals surface area contributed by atoms with Crippen LogP contribution < -0.4 is 5.32 Å². The second-order valence-electron chi connectivity index (χ2n) is 3.92. The Balaban J connectivity index is 0.00000120. The fourth-order valence-electron chi connectivity index (χ4n) is 1.81. The largest absolute Gasteiger partial charge is 0.461 e. The average molecular weight is 288 g/mol. The maximum atomic E-state index is 5.22. The highest BCUT2D eigenvalue weighted by Gasteiger charge is 2.18. The first-order valence-electron chi connectivity index (χ1n) is 5.59. The van der Waals surface area contributed by atoms with E-state index >= 15 is 0 Å². The fourth-order valence-corrected chi connectivity index (χ4v) is 2.75. The summed E-state index contributed by atoms with van der Waals surface area (Å²) in [6.07, 6.45) is 2.38. The van der Waals surface area contributed by atoms with Crippen LogP contribution in [-0.4, -0.2) is 34.2 Å². The maximum Gasteiger partial charge on any atom is 0.238 e. The summed E-state index contributed by atoms with van der Waals surface area (Å²) in [5.74, 6) is 4.10. The predicted octanol–water partition coefficient (Wildman–Crippen LogP) is 2.00. The number of hydrogen-bond acceptors (Lipinski definition) is 6. The van der Waals surface area contributed by atoms with E-state index in [4.69, 9.17) is 8.94 Å². The Labute approximate surface area is 115 Å². The van der Waals surface area contributed by atoms with Crippen LogP contribution in [0.1, 0.15) is 5.89 Å². The van der Waals surface area contributed by atoms with Crippen molar-refractivity contribution in [3.8, 4) is 11.6 Å². The Kier molecular flexibility index (Phi) is 4.68. The second kappa shape index (κ2) is 6.26. The van der Waals surface area contributed by atoms with E-state index in [1.165, 1.54) is 5.75 Å². The lowest BCUT2D eigenvalue weighted by atomic mass is 10.2. The molecule has 98 valence electrons. The highest BCUT2D eigenvalue weighted by atomic mass is 35.5. The Hall–Kier alpha value is -0.980. The molecule has 0 aliphatic carbocycles. The van der Waals surface area contributed by atoms with Crippen LogP contribution in [0.15, 0.2) is 27.3 Å². The Bertz CT molecular complexity index is 468. The minimum atomic E-state index is 0. The molecule has 1 atom stereocenters. The van der Waals surface area contributed by atoms with Gasteiger partial charge < -0.3 is 14.3 Å². The number of nitrogens with zero attached hydrogens (tertiary/aromatic N) is 2. The number of furan rings is 1. The molecule has 0 amide bonds. The molecule has 2 aromatic rings. The van der Waals surface area contributed by atoms with Crippen LogP contribution in [0.4, 0.5) is 0 Å². The lowest BCUT2D eigenvalue weighted by molar-refractivity contribution is 0.362. The highest BCUT2D eigenvalue weighted by Crippen LogP contribution is 2.17. The van der Waals surface area contributed by atoms with Gasteiger partial charge in [0.1, 0.15) is 0 Å². The third-order valence-corrected chi connectivity index (χ3v) is 3.76. The van der Waals surface area contributed by atoms with Crippen molar-refractivity contribution < 1.29 is 8.94 Å². The minimum absolute atomic E-state index is 0. The van der Waals surface area contributed by atoms with E-state index in [-0.39, 0.29) is 12.4 Å². The summed E-state index contributed by atoms with van der Waals surface area (Å²) in [6.45, 7) is 1.05. The fraction of sp³-hybridized carbons (Fsp3) is 0.455. The minimum Gasteiger partial charge on any atom is -0.461 e. The zero-order chi connectivity index (χ0) is 11.5. The van der Waals surface area contributed by atoms with Crippen molar-refractivity contribution >= 4 is 24.2 Å². The van der Waals surface area contributed by atoms with Crippen molar-refractivity contribution in [3.63, 3.8) is 0 Å². The normalized spacial score (nSPS) is 19.4. The molecule has 1 N–H and O–H groups in total. The van der Waals surface area contributed by atoms with Crippen molar-refractivity contribution in [2.24, 2.45) is 0 Å². The van der Waals surface area contributed by atoms with Gasteiger partial charge in [-0.2, -0.15) is 16.7 Å². The molecule has 3 rings (SSSR count). The molecule has 1 unspecified atom stereocenters. The molecule has 0 aromatic carbocycles. The van der Waals surface area contributed by atoms with Crippen molar-refractivity contribution in [1.29, 1.82) is 0 Å². The Morgan fingerprint density at radius 1 is 1.50 bits per heavy atom. The molecular weight excluding hydrogens is 274 g/mol. The first kappa shape index (κ1) is 13.5. The summed E-state index contributed by atoms with van der Waals surface area (Å²) < 4.78 is 10.4. The van der Waals surface area contributed by atoms with Crippen molar-refractivity contribution in [2.75, 3.05) is 18.1 Å². The van der Waals surface area contributed by atoms with Gasteiger partial charge in [0.2, 0.25) is 11.7 Å². The molecule has 7 heteroatoms. The molecule has 1 aliphatic rings. The Morgan fingerprint density at radius 2 is 2.44 bits per heavy atom. The van der Waals surface area contributed by atoms with Crippen LogP contribution in [0.25, 0.3) is 11.6 Å². The summed E-state index contributed by atoms with van der Waals surface area (Å²) in [5.41, 5.74) is 0. The van der Waals surface area contributed by atoms with Gasteiger partial charge in [0.05, 0.1) is 6.26 Å². The van der Waals surface area contributed by atoms with Crippen LogP contribution in [0.3, 0.4) is 0 Å². The lowest BCUT2D eigenvalue weighted by Gasteiger charge is -2.21. The quantitative estimate of drug-likeness (QED) is 0.931. The zero-order valence-corrected chi connectivity index (χ0v) is 11.3. The Morgan fingerprint density at radius 3 is 3.17 bits per heavy atom. The van der Waals surface area contributed by atoms with Crippen LogP contribution in [-0.2, 0) is 6.42 Å². The summed E-state index contributed by atoms with van der Waals surface area (Å²) in [6, 6.07) is 4.06. The standard InChI is InChI=1S/C11H13N3O2S.ClH/c1-2-9(15-4-1)11-13-10(16-14-11)6-8-7-17-5-3-12-8;/h1-2,4,8,12H,3,5-7H2;1H. The van der Waals surface area contributed by atoms with Gasteiger partial charge in [-0.1, -0.05) is 5.16 Å². The maximum absolute atomic E-state index is 5.22. The van der Waals surface area contributed by atoms with Crippen LogP contribution in [0, 0.1) is 0 Å². The third-order valence-electron chi connectivity index (χ3n) is 2.63. The molecular formula is C11H14ClN3O2S. The SMILES string of the molecule is Cl.c1coc(-c2noc(CC3CSCCN3)n2)c1. The van der Waals surface area contributed by atoms with Gasteiger partial charge in [0.15, 0.2) is 5.76 Å².